The van der Waals surface area contributed by atoms with Gasteiger partial charge in [0.15, 0.2) is 0 Å². The molecule has 3 N–H and O–H groups in total. The summed E-state index contributed by atoms with van der Waals surface area (Å²) in [6.45, 7) is 0.463. The Hall–Kier alpha value is -1.23. The monoisotopic (exact) mass is 271 g/mol. The molecule has 3 atom stereocenters. The molecule has 0 aromatic rings. The quantitative estimate of drug-likeness (QED) is 0.753. The number of carbonyl (C=O) groups excluding carboxylic acids is 2. The predicted octanol–water partition coefficient (Wildman–Crippen LogP) is 1.03. The number of primary amides is 1. The fourth-order valence-corrected chi connectivity index (χ4v) is 2.93. The van der Waals surface area contributed by atoms with E-state index in [1.807, 2.05) is 6.08 Å². The molecule has 1 saturated carbocycles. The second kappa shape index (κ2) is 5.61. The second-order valence-corrected chi connectivity index (χ2v) is 5.18. The first-order chi connectivity index (χ1) is 8.63. The van der Waals surface area contributed by atoms with Gasteiger partial charge >= 0.3 is 6.03 Å². The maximum absolute atomic E-state index is 12.0. The average molecular weight is 272 g/mol. The number of amides is 3. The van der Waals surface area contributed by atoms with Crippen molar-refractivity contribution in [2.75, 3.05) is 12.4 Å². The molecular weight excluding hydrogens is 254 g/mol. The Bertz CT molecular complexity index is 372. The van der Waals surface area contributed by atoms with Gasteiger partial charge in [0.2, 0.25) is 5.91 Å². The summed E-state index contributed by atoms with van der Waals surface area (Å²) in [7, 11) is 0. The third-order valence-electron chi connectivity index (χ3n) is 3.70. The fraction of sp³-hybridized carbons (Fsp3) is 0.667. The predicted molar refractivity (Wildman–Crippen MR) is 68.9 cm³/mol. The topological polar surface area (TPSA) is 75.4 Å². The normalized spacial score (nSPS) is 31.5. The molecule has 18 heavy (non-hydrogen) atoms. The third kappa shape index (κ3) is 2.61. The average Bonchev–Trinajstić information content (AvgIpc) is 2.49. The molecule has 0 radical (unpaired) electrons. The highest BCUT2D eigenvalue weighted by Gasteiger charge is 2.38. The lowest BCUT2D eigenvalue weighted by Crippen LogP contribution is -2.52. The number of nitrogens with two attached hydrogens (primary N) is 1. The van der Waals surface area contributed by atoms with Crippen molar-refractivity contribution < 1.29 is 9.59 Å². The van der Waals surface area contributed by atoms with Crippen molar-refractivity contribution in [3.8, 4) is 0 Å². The van der Waals surface area contributed by atoms with Gasteiger partial charge in [-0.15, -0.1) is 11.6 Å². The highest BCUT2D eigenvalue weighted by molar-refractivity contribution is 6.18. The van der Waals surface area contributed by atoms with Gasteiger partial charge in [-0.05, 0) is 18.8 Å². The summed E-state index contributed by atoms with van der Waals surface area (Å²) >= 11 is 5.66. The number of carbonyl (C=O) groups is 2. The van der Waals surface area contributed by atoms with Gasteiger partial charge in [0.05, 0.1) is 5.92 Å². The summed E-state index contributed by atoms with van der Waals surface area (Å²) in [4.78, 5) is 25.0. The number of urea groups is 1. The van der Waals surface area contributed by atoms with E-state index in [-0.39, 0.29) is 29.8 Å². The number of fused-ring (bicyclic) bond motifs is 1. The van der Waals surface area contributed by atoms with Crippen molar-refractivity contribution in [1.82, 2.24) is 10.2 Å². The van der Waals surface area contributed by atoms with E-state index in [2.05, 4.69) is 5.32 Å². The van der Waals surface area contributed by atoms with Gasteiger partial charge in [-0.2, -0.15) is 0 Å². The van der Waals surface area contributed by atoms with Crippen LogP contribution in [0.25, 0.3) is 0 Å². The summed E-state index contributed by atoms with van der Waals surface area (Å²) in [5.74, 6) is -0.0372. The minimum Gasteiger partial charge on any atom is -0.369 e. The summed E-state index contributed by atoms with van der Waals surface area (Å²) in [5.41, 5.74) is 5.41. The van der Waals surface area contributed by atoms with E-state index in [4.69, 9.17) is 17.3 Å². The van der Waals surface area contributed by atoms with E-state index in [1.54, 1.807) is 11.1 Å². The largest absolute Gasteiger partial charge is 0.369 e. The van der Waals surface area contributed by atoms with Crippen LogP contribution in [0.1, 0.15) is 19.3 Å². The lowest BCUT2D eigenvalue weighted by molar-refractivity contribution is -0.123. The van der Waals surface area contributed by atoms with Crippen molar-refractivity contribution in [3.05, 3.63) is 12.3 Å². The van der Waals surface area contributed by atoms with Gasteiger partial charge in [0.1, 0.15) is 0 Å². The van der Waals surface area contributed by atoms with Crippen molar-refractivity contribution in [2.45, 2.75) is 25.3 Å². The molecule has 100 valence electrons. The molecule has 1 aliphatic heterocycles. The Morgan fingerprint density at radius 3 is 3.00 bits per heavy atom. The highest BCUT2D eigenvalue weighted by Crippen LogP contribution is 2.31. The van der Waals surface area contributed by atoms with Crippen LogP contribution in [0.5, 0.6) is 0 Å². The van der Waals surface area contributed by atoms with Gasteiger partial charge in [0, 0.05) is 24.7 Å². The van der Waals surface area contributed by atoms with Crippen LogP contribution in [-0.2, 0) is 4.79 Å². The van der Waals surface area contributed by atoms with Gasteiger partial charge in [-0.3, -0.25) is 4.79 Å². The maximum Gasteiger partial charge on any atom is 0.321 e. The molecule has 1 aliphatic carbocycles. The van der Waals surface area contributed by atoms with Crippen molar-refractivity contribution in [2.24, 2.45) is 17.6 Å². The Balaban J connectivity index is 2.17. The fourth-order valence-electron chi connectivity index (χ4n) is 2.75. The van der Waals surface area contributed by atoms with Gasteiger partial charge in [-0.1, -0.05) is 12.5 Å². The molecule has 0 saturated heterocycles. The minimum atomic E-state index is -0.329. The van der Waals surface area contributed by atoms with E-state index in [1.165, 1.54) is 0 Å². The molecule has 5 nitrogen and oxygen atoms in total. The Morgan fingerprint density at radius 1 is 1.56 bits per heavy atom. The van der Waals surface area contributed by atoms with Gasteiger partial charge in [0.25, 0.3) is 0 Å². The highest BCUT2D eigenvalue weighted by atomic mass is 35.5. The van der Waals surface area contributed by atoms with Gasteiger partial charge in [-0.25, -0.2) is 4.79 Å². The zero-order chi connectivity index (χ0) is 13.1. The minimum absolute atomic E-state index is 0.180. The molecule has 0 aromatic heterocycles. The first-order valence-electron chi connectivity index (χ1n) is 6.24. The van der Waals surface area contributed by atoms with Crippen LogP contribution < -0.4 is 11.1 Å². The molecule has 0 aromatic carbocycles. The SMILES string of the molecule is NC(=O)C1CCCC2C=CN(CCCl)C(=O)NC21. The number of nitrogens with zero attached hydrogens (tertiary/aromatic N) is 1. The van der Waals surface area contributed by atoms with Crippen LogP contribution in [0.4, 0.5) is 4.79 Å². The van der Waals surface area contributed by atoms with Crippen LogP contribution in [-0.4, -0.2) is 35.3 Å². The van der Waals surface area contributed by atoms with E-state index in [9.17, 15) is 9.59 Å². The molecule has 6 heteroatoms. The zero-order valence-corrected chi connectivity index (χ0v) is 10.9. The molecule has 2 aliphatic rings. The van der Waals surface area contributed by atoms with Crippen molar-refractivity contribution in [3.63, 3.8) is 0 Å². The van der Waals surface area contributed by atoms with Crippen molar-refractivity contribution in [1.29, 1.82) is 0 Å². The van der Waals surface area contributed by atoms with Gasteiger partial charge < -0.3 is 16.0 Å². The smallest absolute Gasteiger partial charge is 0.321 e. The molecule has 1 fully saturated rings. The number of hydrogen-bond donors (Lipinski definition) is 2. The summed E-state index contributed by atoms with van der Waals surface area (Å²) in [6.07, 6.45) is 6.44. The molecular formula is C12H18ClN3O2. The van der Waals surface area contributed by atoms with Crippen LogP contribution in [0.15, 0.2) is 12.3 Å². The molecule has 3 unspecified atom stereocenters. The molecule has 0 spiro atoms. The number of hydrogen-bond acceptors (Lipinski definition) is 2. The molecule has 2 rings (SSSR count). The Morgan fingerprint density at radius 2 is 2.33 bits per heavy atom. The van der Waals surface area contributed by atoms with Crippen LogP contribution in [0.2, 0.25) is 0 Å². The van der Waals surface area contributed by atoms with E-state index < -0.39 is 0 Å². The Labute approximate surface area is 111 Å². The number of alkyl halides is 1. The standard InChI is InChI=1S/C12H18ClN3O2/c13-5-7-16-6-4-8-2-1-3-9(11(14)17)10(8)15-12(16)18/h4,6,8-10H,1-3,5,7H2,(H2,14,17)(H,15,18). The molecule has 3 amide bonds. The lowest BCUT2D eigenvalue weighted by atomic mass is 9.76. The van der Waals surface area contributed by atoms with E-state index in [0.29, 0.717) is 12.4 Å². The molecule has 1 heterocycles. The van der Waals surface area contributed by atoms with Crippen LogP contribution in [0.3, 0.4) is 0 Å². The van der Waals surface area contributed by atoms with E-state index >= 15 is 0 Å². The van der Waals surface area contributed by atoms with Crippen LogP contribution >= 0.6 is 11.6 Å². The lowest BCUT2D eigenvalue weighted by Gasteiger charge is -2.34. The number of rotatable bonds is 3. The number of halogens is 1. The summed E-state index contributed by atoms with van der Waals surface area (Å²) in [5, 5.41) is 2.91. The van der Waals surface area contributed by atoms with E-state index in [0.717, 1.165) is 19.3 Å². The first-order valence-corrected chi connectivity index (χ1v) is 6.77. The molecule has 0 bridgehead atoms. The third-order valence-corrected chi connectivity index (χ3v) is 3.87. The number of nitrogens with one attached hydrogen (secondary N) is 1. The summed E-state index contributed by atoms with van der Waals surface area (Å²) in [6, 6.07) is -0.382. The Kier molecular flexibility index (Phi) is 4.11. The second-order valence-electron chi connectivity index (χ2n) is 4.80. The summed E-state index contributed by atoms with van der Waals surface area (Å²) < 4.78 is 0. The van der Waals surface area contributed by atoms with Crippen molar-refractivity contribution >= 4 is 23.5 Å². The zero-order valence-electron chi connectivity index (χ0n) is 10.1. The first kappa shape index (κ1) is 13.2. The van der Waals surface area contributed by atoms with Crippen LogP contribution in [0, 0.1) is 11.8 Å². The maximum atomic E-state index is 12.0.